The summed E-state index contributed by atoms with van der Waals surface area (Å²) in [4.78, 5) is 10.7. The highest BCUT2D eigenvalue weighted by Crippen LogP contribution is 2.44. The third kappa shape index (κ3) is 1.41. The molecule has 1 aromatic carbocycles. The first kappa shape index (κ1) is 10.5. The SMILES string of the molecule is NC(C(=O)O)c1c(O)c(F)cc2c1OCO2. The Morgan fingerprint density at radius 1 is 1.56 bits per heavy atom. The fourth-order valence-corrected chi connectivity index (χ4v) is 1.44. The number of carboxylic acid groups (broad SMARTS) is 1. The smallest absolute Gasteiger partial charge is 0.325 e. The average Bonchev–Trinajstić information content (AvgIpc) is 2.66. The number of benzene rings is 1. The zero-order valence-corrected chi connectivity index (χ0v) is 7.94. The Bertz CT molecular complexity index is 462. The van der Waals surface area contributed by atoms with Crippen LogP contribution in [-0.4, -0.2) is 23.0 Å². The second-order valence-electron chi connectivity index (χ2n) is 3.17. The molecular weight excluding hydrogens is 221 g/mol. The van der Waals surface area contributed by atoms with Gasteiger partial charge in [-0.05, 0) is 0 Å². The molecule has 0 saturated heterocycles. The van der Waals surface area contributed by atoms with Crippen LogP contribution in [0.2, 0.25) is 0 Å². The molecule has 0 aromatic heterocycles. The molecule has 16 heavy (non-hydrogen) atoms. The highest BCUT2D eigenvalue weighted by atomic mass is 19.1. The van der Waals surface area contributed by atoms with Crippen LogP contribution in [0.4, 0.5) is 4.39 Å². The van der Waals surface area contributed by atoms with Gasteiger partial charge in [-0.25, -0.2) is 4.39 Å². The third-order valence-corrected chi connectivity index (χ3v) is 2.20. The van der Waals surface area contributed by atoms with E-state index in [1.165, 1.54) is 0 Å². The Kier molecular flexibility index (Phi) is 2.31. The summed E-state index contributed by atoms with van der Waals surface area (Å²) in [5.74, 6) is -3.25. The molecule has 0 radical (unpaired) electrons. The molecule has 1 atom stereocenters. The predicted molar refractivity (Wildman–Crippen MR) is 48.8 cm³/mol. The van der Waals surface area contributed by atoms with Crippen molar-refractivity contribution in [3.05, 3.63) is 17.4 Å². The molecule has 7 heteroatoms. The van der Waals surface area contributed by atoms with E-state index in [-0.39, 0.29) is 23.9 Å². The highest BCUT2D eigenvalue weighted by molar-refractivity contribution is 5.79. The number of aromatic hydroxyl groups is 1. The lowest BCUT2D eigenvalue weighted by molar-refractivity contribution is -0.138. The van der Waals surface area contributed by atoms with E-state index in [2.05, 4.69) is 0 Å². The van der Waals surface area contributed by atoms with Crippen LogP contribution in [0.15, 0.2) is 6.07 Å². The van der Waals surface area contributed by atoms with E-state index in [0.717, 1.165) is 6.07 Å². The van der Waals surface area contributed by atoms with Crippen molar-refractivity contribution >= 4 is 5.97 Å². The molecule has 1 heterocycles. The summed E-state index contributed by atoms with van der Waals surface area (Å²) in [6, 6.07) is -0.665. The Morgan fingerprint density at radius 3 is 2.88 bits per heavy atom. The molecule has 1 aromatic rings. The molecule has 1 aliphatic rings. The Labute approximate surface area is 89.0 Å². The number of nitrogens with two attached hydrogens (primary N) is 1. The molecule has 86 valence electrons. The van der Waals surface area contributed by atoms with Crippen molar-refractivity contribution in [2.75, 3.05) is 6.79 Å². The van der Waals surface area contributed by atoms with Gasteiger partial charge in [-0.1, -0.05) is 0 Å². The van der Waals surface area contributed by atoms with E-state index >= 15 is 0 Å². The monoisotopic (exact) mass is 229 g/mol. The van der Waals surface area contributed by atoms with Crippen LogP contribution in [0.1, 0.15) is 11.6 Å². The lowest BCUT2D eigenvalue weighted by Crippen LogP contribution is -2.21. The quantitative estimate of drug-likeness (QED) is 0.676. The summed E-state index contributed by atoms with van der Waals surface area (Å²) in [5.41, 5.74) is 5.00. The maximum absolute atomic E-state index is 13.2. The number of fused-ring (bicyclic) bond motifs is 1. The molecule has 0 spiro atoms. The van der Waals surface area contributed by atoms with E-state index in [1.807, 2.05) is 0 Å². The van der Waals surface area contributed by atoms with Gasteiger partial charge < -0.3 is 25.4 Å². The van der Waals surface area contributed by atoms with Gasteiger partial charge in [0.2, 0.25) is 6.79 Å². The Balaban J connectivity index is 2.63. The molecule has 0 amide bonds. The van der Waals surface area contributed by atoms with Gasteiger partial charge in [0.1, 0.15) is 6.04 Å². The fourth-order valence-electron chi connectivity index (χ4n) is 1.44. The van der Waals surface area contributed by atoms with Crippen molar-refractivity contribution in [3.8, 4) is 17.2 Å². The van der Waals surface area contributed by atoms with Gasteiger partial charge in [-0.2, -0.15) is 0 Å². The topological polar surface area (TPSA) is 102 Å². The zero-order valence-electron chi connectivity index (χ0n) is 7.94. The minimum absolute atomic E-state index is 0.0296. The van der Waals surface area contributed by atoms with Crippen molar-refractivity contribution in [2.45, 2.75) is 6.04 Å². The molecule has 0 saturated carbocycles. The van der Waals surface area contributed by atoms with E-state index in [0.29, 0.717) is 0 Å². The van der Waals surface area contributed by atoms with E-state index in [4.69, 9.17) is 20.3 Å². The zero-order chi connectivity index (χ0) is 11.9. The number of ether oxygens (including phenoxy) is 2. The fraction of sp³-hybridized carbons (Fsp3) is 0.222. The maximum Gasteiger partial charge on any atom is 0.325 e. The Hall–Kier alpha value is -2.02. The molecule has 0 fully saturated rings. The summed E-state index contributed by atoms with van der Waals surface area (Å²) in [5, 5.41) is 18.2. The molecule has 4 N–H and O–H groups in total. The van der Waals surface area contributed by atoms with Crippen LogP contribution in [0.25, 0.3) is 0 Å². The molecule has 1 aliphatic heterocycles. The summed E-state index contributed by atoms with van der Waals surface area (Å²) in [7, 11) is 0. The van der Waals surface area contributed by atoms with Gasteiger partial charge in [0.15, 0.2) is 23.1 Å². The lowest BCUT2D eigenvalue weighted by Gasteiger charge is -2.12. The minimum atomic E-state index is -1.58. The van der Waals surface area contributed by atoms with Crippen LogP contribution in [0, 0.1) is 5.82 Å². The summed E-state index contributed by atoms with van der Waals surface area (Å²) in [6.45, 7) is -0.169. The van der Waals surface area contributed by atoms with Crippen LogP contribution in [0.5, 0.6) is 17.2 Å². The van der Waals surface area contributed by atoms with Gasteiger partial charge in [-0.15, -0.1) is 0 Å². The van der Waals surface area contributed by atoms with Gasteiger partial charge >= 0.3 is 5.97 Å². The van der Waals surface area contributed by atoms with Crippen molar-refractivity contribution in [1.82, 2.24) is 0 Å². The largest absolute Gasteiger partial charge is 0.504 e. The number of phenols is 1. The normalized spacial score (nSPS) is 14.9. The van der Waals surface area contributed by atoms with Crippen LogP contribution >= 0.6 is 0 Å². The van der Waals surface area contributed by atoms with E-state index < -0.39 is 23.6 Å². The summed E-state index contributed by atoms with van der Waals surface area (Å²) in [6.07, 6.45) is 0. The van der Waals surface area contributed by atoms with Gasteiger partial charge in [0.05, 0.1) is 5.56 Å². The molecule has 0 aliphatic carbocycles. The maximum atomic E-state index is 13.2. The number of carboxylic acids is 1. The van der Waals surface area contributed by atoms with Gasteiger partial charge in [-0.3, -0.25) is 4.79 Å². The second kappa shape index (κ2) is 3.53. The molecule has 1 unspecified atom stereocenters. The average molecular weight is 229 g/mol. The second-order valence-corrected chi connectivity index (χ2v) is 3.17. The van der Waals surface area contributed by atoms with Crippen molar-refractivity contribution in [1.29, 1.82) is 0 Å². The summed E-state index contributed by atoms with van der Waals surface area (Å²) >= 11 is 0. The first-order chi connectivity index (χ1) is 7.52. The van der Waals surface area contributed by atoms with Crippen LogP contribution in [0.3, 0.4) is 0 Å². The first-order valence-corrected chi connectivity index (χ1v) is 4.31. The van der Waals surface area contributed by atoms with Gasteiger partial charge in [0, 0.05) is 6.07 Å². The van der Waals surface area contributed by atoms with Crippen molar-refractivity contribution < 1.29 is 28.9 Å². The number of carbonyl (C=O) groups is 1. The number of aliphatic carboxylic acids is 1. The first-order valence-electron chi connectivity index (χ1n) is 4.31. The van der Waals surface area contributed by atoms with E-state index in [1.54, 1.807) is 0 Å². The number of halogens is 1. The molecule has 2 rings (SSSR count). The van der Waals surface area contributed by atoms with Crippen molar-refractivity contribution in [2.24, 2.45) is 5.73 Å². The Morgan fingerprint density at radius 2 is 2.25 bits per heavy atom. The van der Waals surface area contributed by atoms with Crippen molar-refractivity contribution in [3.63, 3.8) is 0 Å². The number of phenolic OH excluding ortho intramolecular Hbond substituents is 1. The van der Waals surface area contributed by atoms with Crippen LogP contribution in [-0.2, 0) is 4.79 Å². The third-order valence-electron chi connectivity index (χ3n) is 2.20. The number of hydrogen-bond acceptors (Lipinski definition) is 5. The van der Waals surface area contributed by atoms with Gasteiger partial charge in [0.25, 0.3) is 0 Å². The predicted octanol–water partition coefficient (Wildman–Crippen LogP) is 0.344. The lowest BCUT2D eigenvalue weighted by atomic mass is 10.0. The summed E-state index contributed by atoms with van der Waals surface area (Å²) < 4.78 is 23.1. The molecule has 6 nitrogen and oxygen atoms in total. The highest BCUT2D eigenvalue weighted by Gasteiger charge is 2.31. The number of hydrogen-bond donors (Lipinski definition) is 3. The molecule has 0 bridgehead atoms. The number of rotatable bonds is 2. The van der Waals surface area contributed by atoms with Crippen LogP contribution < -0.4 is 15.2 Å². The minimum Gasteiger partial charge on any atom is -0.504 e. The standard InChI is InChI=1S/C9H8FNO5/c10-3-1-4-8(16-2-15-4)5(7(3)12)6(11)9(13)14/h1,6,12H,2,11H2,(H,13,14). The molecular formula is C9H8FNO5. The van der Waals surface area contributed by atoms with E-state index in [9.17, 15) is 14.3 Å².